The van der Waals surface area contributed by atoms with E-state index in [0.717, 1.165) is 22.8 Å². The lowest BCUT2D eigenvalue weighted by molar-refractivity contribution is 0.483. The third-order valence-corrected chi connectivity index (χ3v) is 4.03. The SMILES string of the molecule is Cc1ccc(-c2nn(-c3cccc(F)c3)cc2CNCc2ccco2)o1. The van der Waals surface area contributed by atoms with Crippen molar-refractivity contribution >= 4 is 0 Å². The van der Waals surface area contributed by atoms with Crippen molar-refractivity contribution in [3.63, 3.8) is 0 Å². The van der Waals surface area contributed by atoms with E-state index in [9.17, 15) is 4.39 Å². The van der Waals surface area contributed by atoms with Crippen LogP contribution in [0.15, 0.2) is 69.8 Å². The van der Waals surface area contributed by atoms with Gasteiger partial charge < -0.3 is 14.2 Å². The first-order valence-electron chi connectivity index (χ1n) is 8.33. The Morgan fingerprint density at radius 1 is 1.12 bits per heavy atom. The summed E-state index contributed by atoms with van der Waals surface area (Å²) in [4.78, 5) is 0. The molecule has 0 fully saturated rings. The Kier molecular flexibility index (Phi) is 4.41. The maximum absolute atomic E-state index is 13.6. The Morgan fingerprint density at radius 2 is 2.04 bits per heavy atom. The molecule has 0 unspecified atom stereocenters. The number of benzene rings is 1. The van der Waals surface area contributed by atoms with Gasteiger partial charge in [0.1, 0.15) is 23.0 Å². The molecule has 3 heterocycles. The van der Waals surface area contributed by atoms with E-state index in [1.54, 1.807) is 17.0 Å². The molecule has 6 heteroatoms. The van der Waals surface area contributed by atoms with Crippen molar-refractivity contribution in [2.45, 2.75) is 20.0 Å². The summed E-state index contributed by atoms with van der Waals surface area (Å²) in [5.41, 5.74) is 2.34. The average Bonchev–Trinajstić information content (AvgIpc) is 3.36. The molecule has 3 aromatic heterocycles. The lowest BCUT2D eigenvalue weighted by Gasteiger charge is -2.02. The van der Waals surface area contributed by atoms with Crippen LogP contribution in [0.5, 0.6) is 0 Å². The molecule has 1 aromatic carbocycles. The molecule has 0 saturated carbocycles. The van der Waals surface area contributed by atoms with E-state index in [4.69, 9.17) is 8.83 Å². The fraction of sp³-hybridized carbons (Fsp3) is 0.150. The van der Waals surface area contributed by atoms with Crippen LogP contribution in [0.2, 0.25) is 0 Å². The number of furan rings is 2. The highest BCUT2D eigenvalue weighted by Crippen LogP contribution is 2.26. The highest BCUT2D eigenvalue weighted by molar-refractivity contribution is 5.57. The Labute approximate surface area is 150 Å². The van der Waals surface area contributed by atoms with Crippen molar-refractivity contribution in [1.82, 2.24) is 15.1 Å². The van der Waals surface area contributed by atoms with Crippen molar-refractivity contribution in [3.8, 4) is 17.1 Å². The van der Waals surface area contributed by atoms with Crippen LogP contribution in [0, 0.1) is 12.7 Å². The van der Waals surface area contributed by atoms with E-state index < -0.39 is 0 Å². The molecule has 0 aliphatic carbocycles. The van der Waals surface area contributed by atoms with Gasteiger partial charge in [-0.3, -0.25) is 0 Å². The van der Waals surface area contributed by atoms with Crippen molar-refractivity contribution in [3.05, 3.63) is 83.9 Å². The molecule has 4 aromatic rings. The monoisotopic (exact) mass is 351 g/mol. The Balaban J connectivity index is 1.63. The Bertz CT molecular complexity index is 1000. The summed E-state index contributed by atoms with van der Waals surface area (Å²) < 4.78 is 26.3. The lowest BCUT2D eigenvalue weighted by atomic mass is 10.2. The van der Waals surface area contributed by atoms with E-state index in [1.165, 1.54) is 12.1 Å². The molecular weight excluding hydrogens is 333 g/mol. The molecule has 4 rings (SSSR count). The quantitative estimate of drug-likeness (QED) is 0.557. The second kappa shape index (κ2) is 7.01. The Hall–Kier alpha value is -3.12. The third-order valence-electron chi connectivity index (χ3n) is 4.03. The predicted octanol–water partition coefficient (Wildman–Crippen LogP) is 4.46. The summed E-state index contributed by atoms with van der Waals surface area (Å²) in [7, 11) is 0. The molecule has 0 spiro atoms. The van der Waals surface area contributed by atoms with Gasteiger partial charge in [-0.2, -0.15) is 5.10 Å². The van der Waals surface area contributed by atoms with Crippen molar-refractivity contribution in [2.75, 3.05) is 0 Å². The molecule has 0 atom stereocenters. The molecule has 0 bridgehead atoms. The number of rotatable bonds is 6. The maximum Gasteiger partial charge on any atom is 0.154 e. The highest BCUT2D eigenvalue weighted by Gasteiger charge is 2.15. The van der Waals surface area contributed by atoms with Gasteiger partial charge in [-0.15, -0.1) is 0 Å². The average molecular weight is 351 g/mol. The zero-order valence-electron chi connectivity index (χ0n) is 14.3. The number of nitrogens with zero attached hydrogens (tertiary/aromatic N) is 2. The van der Waals surface area contributed by atoms with Crippen LogP contribution in [-0.4, -0.2) is 9.78 Å². The van der Waals surface area contributed by atoms with Crippen molar-refractivity contribution < 1.29 is 13.2 Å². The van der Waals surface area contributed by atoms with E-state index in [-0.39, 0.29) is 5.82 Å². The van der Waals surface area contributed by atoms with Crippen LogP contribution in [0.25, 0.3) is 17.1 Å². The topological polar surface area (TPSA) is 56.1 Å². The maximum atomic E-state index is 13.6. The third kappa shape index (κ3) is 3.45. The molecule has 0 aliphatic heterocycles. The number of nitrogens with one attached hydrogen (secondary N) is 1. The summed E-state index contributed by atoms with van der Waals surface area (Å²) in [5, 5.41) is 7.95. The predicted molar refractivity (Wildman–Crippen MR) is 95.2 cm³/mol. The second-order valence-electron chi connectivity index (χ2n) is 6.02. The standard InChI is InChI=1S/C20H18FN3O2/c1-14-7-8-19(26-14)20-15(11-22-12-18-6-3-9-25-18)13-24(23-20)17-5-2-4-16(21)10-17/h2-10,13,22H,11-12H2,1H3. The largest absolute Gasteiger partial charge is 0.468 e. The molecule has 26 heavy (non-hydrogen) atoms. The lowest BCUT2D eigenvalue weighted by Crippen LogP contribution is -2.12. The first kappa shape index (κ1) is 16.4. The molecule has 0 amide bonds. The Morgan fingerprint density at radius 3 is 2.77 bits per heavy atom. The van der Waals surface area contributed by atoms with E-state index in [2.05, 4.69) is 10.4 Å². The molecule has 5 nitrogen and oxygen atoms in total. The smallest absolute Gasteiger partial charge is 0.154 e. The molecule has 0 radical (unpaired) electrons. The van der Waals surface area contributed by atoms with Gasteiger partial charge in [0, 0.05) is 18.3 Å². The van der Waals surface area contributed by atoms with Gasteiger partial charge in [0.2, 0.25) is 0 Å². The van der Waals surface area contributed by atoms with Gasteiger partial charge in [-0.05, 0) is 49.4 Å². The summed E-state index contributed by atoms with van der Waals surface area (Å²) in [6, 6.07) is 13.9. The van der Waals surface area contributed by atoms with Crippen LogP contribution in [0.3, 0.4) is 0 Å². The summed E-state index contributed by atoms with van der Waals surface area (Å²) in [5.74, 6) is 2.06. The van der Waals surface area contributed by atoms with Crippen LogP contribution in [-0.2, 0) is 13.1 Å². The molecule has 0 aliphatic rings. The minimum Gasteiger partial charge on any atom is -0.468 e. The van der Waals surface area contributed by atoms with Crippen molar-refractivity contribution in [1.29, 1.82) is 0 Å². The second-order valence-corrected chi connectivity index (χ2v) is 6.02. The van der Waals surface area contributed by atoms with E-state index >= 15 is 0 Å². The van der Waals surface area contributed by atoms with Gasteiger partial charge in [0.15, 0.2) is 5.76 Å². The first-order chi connectivity index (χ1) is 12.7. The summed E-state index contributed by atoms with van der Waals surface area (Å²) in [6.07, 6.45) is 3.53. The van der Waals surface area contributed by atoms with Gasteiger partial charge in [0.05, 0.1) is 18.5 Å². The molecular formula is C20H18FN3O2. The number of hydrogen-bond donors (Lipinski definition) is 1. The minimum absolute atomic E-state index is 0.300. The van der Waals surface area contributed by atoms with Crippen LogP contribution in [0.1, 0.15) is 17.1 Å². The van der Waals surface area contributed by atoms with E-state index in [1.807, 2.05) is 43.5 Å². The van der Waals surface area contributed by atoms with Crippen LogP contribution in [0.4, 0.5) is 4.39 Å². The fourth-order valence-corrected chi connectivity index (χ4v) is 2.79. The van der Waals surface area contributed by atoms with Gasteiger partial charge in [0.25, 0.3) is 0 Å². The molecule has 0 saturated heterocycles. The normalized spacial score (nSPS) is 11.2. The fourth-order valence-electron chi connectivity index (χ4n) is 2.79. The van der Waals surface area contributed by atoms with Gasteiger partial charge in [-0.1, -0.05) is 6.07 Å². The first-order valence-corrected chi connectivity index (χ1v) is 8.33. The van der Waals surface area contributed by atoms with Crippen molar-refractivity contribution in [2.24, 2.45) is 0 Å². The number of aryl methyl sites for hydroxylation is 1. The zero-order chi connectivity index (χ0) is 17.9. The molecule has 1 N–H and O–H groups in total. The zero-order valence-corrected chi connectivity index (χ0v) is 14.3. The molecule has 132 valence electrons. The van der Waals surface area contributed by atoms with Gasteiger partial charge in [-0.25, -0.2) is 9.07 Å². The highest BCUT2D eigenvalue weighted by atomic mass is 19.1. The van der Waals surface area contributed by atoms with Crippen LogP contribution >= 0.6 is 0 Å². The summed E-state index contributed by atoms with van der Waals surface area (Å²) in [6.45, 7) is 3.07. The summed E-state index contributed by atoms with van der Waals surface area (Å²) >= 11 is 0. The van der Waals surface area contributed by atoms with E-state index in [0.29, 0.717) is 24.5 Å². The number of hydrogen-bond acceptors (Lipinski definition) is 4. The number of aromatic nitrogens is 2. The van der Waals surface area contributed by atoms with Gasteiger partial charge >= 0.3 is 0 Å². The minimum atomic E-state index is -0.300. The van der Waals surface area contributed by atoms with Crippen LogP contribution < -0.4 is 5.32 Å². The number of halogens is 1.